The number of fused-ring (bicyclic) bond motifs is 3. The van der Waals surface area contributed by atoms with Crippen LogP contribution in [0.5, 0.6) is 0 Å². The van der Waals surface area contributed by atoms with Gasteiger partial charge in [0, 0.05) is 0 Å². The van der Waals surface area contributed by atoms with Gasteiger partial charge < -0.3 is 18.3 Å². The third kappa shape index (κ3) is 3.51. The number of carbonyl (C=O) groups excluding carboxylic acids is 1. The highest BCUT2D eigenvalue weighted by molar-refractivity contribution is 7.41. The standard InChI is InChI=1S/C8H10F3O5P/c9-8(10,11)1-6(12)13-2-7-3-14-17(15-4-7)16-5-7/h1-5H2. The highest BCUT2D eigenvalue weighted by atomic mass is 31.2. The van der Waals surface area contributed by atoms with Crippen LogP contribution in [0.1, 0.15) is 6.42 Å². The Bertz CT molecular complexity index is 286. The Hall–Kier alpha value is -0.430. The summed E-state index contributed by atoms with van der Waals surface area (Å²) in [5.74, 6) is -1.30. The van der Waals surface area contributed by atoms with Gasteiger partial charge in [-0.2, -0.15) is 13.2 Å². The van der Waals surface area contributed by atoms with Gasteiger partial charge in [0.1, 0.15) is 13.0 Å². The molecule has 0 saturated carbocycles. The van der Waals surface area contributed by atoms with Crippen molar-refractivity contribution < 1.29 is 36.3 Å². The molecule has 3 aliphatic heterocycles. The van der Waals surface area contributed by atoms with Crippen LogP contribution in [0, 0.1) is 5.41 Å². The Labute approximate surface area is 96.2 Å². The summed E-state index contributed by atoms with van der Waals surface area (Å²) in [6, 6.07) is 0. The van der Waals surface area contributed by atoms with E-state index >= 15 is 0 Å². The smallest absolute Gasteiger partial charge is 0.399 e. The van der Waals surface area contributed by atoms with Gasteiger partial charge >= 0.3 is 20.7 Å². The van der Waals surface area contributed by atoms with Crippen LogP contribution in [0.4, 0.5) is 13.2 Å². The summed E-state index contributed by atoms with van der Waals surface area (Å²) in [6.07, 6.45) is -6.13. The van der Waals surface area contributed by atoms with E-state index in [0.29, 0.717) is 0 Å². The maximum absolute atomic E-state index is 11.9. The Balaban J connectivity index is 1.79. The van der Waals surface area contributed by atoms with E-state index in [4.69, 9.17) is 13.6 Å². The van der Waals surface area contributed by atoms with Crippen molar-refractivity contribution in [3.63, 3.8) is 0 Å². The van der Waals surface area contributed by atoms with Gasteiger partial charge in [0.05, 0.1) is 25.2 Å². The lowest BCUT2D eigenvalue weighted by molar-refractivity contribution is -0.179. The zero-order valence-corrected chi connectivity index (χ0v) is 9.55. The molecule has 0 atom stereocenters. The highest BCUT2D eigenvalue weighted by Crippen LogP contribution is 2.53. The van der Waals surface area contributed by atoms with Crippen molar-refractivity contribution in [2.24, 2.45) is 5.41 Å². The van der Waals surface area contributed by atoms with Crippen molar-refractivity contribution in [2.45, 2.75) is 12.6 Å². The van der Waals surface area contributed by atoms with Crippen molar-refractivity contribution in [1.82, 2.24) is 0 Å². The first-order chi connectivity index (χ1) is 7.89. The van der Waals surface area contributed by atoms with Crippen molar-refractivity contribution in [1.29, 1.82) is 0 Å². The minimum atomic E-state index is -4.55. The minimum absolute atomic E-state index is 0.189. The summed E-state index contributed by atoms with van der Waals surface area (Å²) < 4.78 is 55.6. The van der Waals surface area contributed by atoms with Crippen LogP contribution in [-0.4, -0.2) is 38.6 Å². The van der Waals surface area contributed by atoms with Gasteiger partial charge in [-0.15, -0.1) is 0 Å². The third-order valence-corrected chi connectivity index (χ3v) is 3.33. The Morgan fingerprint density at radius 2 is 1.76 bits per heavy atom. The van der Waals surface area contributed by atoms with Gasteiger partial charge in [-0.1, -0.05) is 0 Å². The molecule has 9 heteroatoms. The summed E-state index contributed by atoms with van der Waals surface area (Å²) in [5, 5.41) is 0. The molecule has 3 heterocycles. The van der Waals surface area contributed by atoms with Crippen LogP contribution >= 0.6 is 8.60 Å². The van der Waals surface area contributed by atoms with Gasteiger partial charge in [-0.25, -0.2) is 0 Å². The number of halogens is 3. The number of rotatable bonds is 3. The quantitative estimate of drug-likeness (QED) is 0.580. The van der Waals surface area contributed by atoms with Gasteiger partial charge in [0.25, 0.3) is 0 Å². The molecule has 98 valence electrons. The largest absolute Gasteiger partial charge is 0.465 e. The average molecular weight is 274 g/mol. The summed E-state index contributed by atoms with van der Waals surface area (Å²) in [4.78, 5) is 10.9. The van der Waals surface area contributed by atoms with E-state index < -0.39 is 32.6 Å². The van der Waals surface area contributed by atoms with Crippen LogP contribution in [-0.2, 0) is 23.1 Å². The molecule has 0 spiro atoms. The number of alkyl halides is 3. The molecule has 0 aromatic carbocycles. The molecule has 5 nitrogen and oxygen atoms in total. The van der Waals surface area contributed by atoms with Crippen LogP contribution in [0.25, 0.3) is 0 Å². The predicted octanol–water partition coefficient (Wildman–Crippen LogP) is 1.77. The second kappa shape index (κ2) is 4.68. The predicted molar refractivity (Wildman–Crippen MR) is 48.8 cm³/mol. The van der Waals surface area contributed by atoms with E-state index in [0.717, 1.165) is 0 Å². The Kier molecular flexibility index (Phi) is 3.58. The van der Waals surface area contributed by atoms with Crippen molar-refractivity contribution >= 4 is 14.6 Å². The van der Waals surface area contributed by atoms with Crippen LogP contribution < -0.4 is 0 Å². The molecular weight excluding hydrogens is 264 g/mol. The summed E-state index contributed by atoms with van der Waals surface area (Å²) >= 11 is 0. The minimum Gasteiger partial charge on any atom is -0.465 e. The van der Waals surface area contributed by atoms with E-state index in [-0.39, 0.29) is 26.4 Å². The molecule has 0 aromatic heterocycles. The fraction of sp³-hybridized carbons (Fsp3) is 0.875. The third-order valence-electron chi connectivity index (χ3n) is 2.31. The lowest BCUT2D eigenvalue weighted by Crippen LogP contribution is -2.47. The van der Waals surface area contributed by atoms with E-state index in [2.05, 4.69) is 4.74 Å². The molecule has 3 saturated heterocycles. The fourth-order valence-electron chi connectivity index (χ4n) is 1.38. The topological polar surface area (TPSA) is 54.0 Å². The number of hydrogen-bond donors (Lipinski definition) is 0. The van der Waals surface area contributed by atoms with Crippen LogP contribution in [0.15, 0.2) is 0 Å². The molecule has 3 aliphatic rings. The molecule has 3 fully saturated rings. The number of esters is 1. The fourth-order valence-corrected chi connectivity index (χ4v) is 2.74. The molecule has 0 radical (unpaired) electrons. The first-order valence-electron chi connectivity index (χ1n) is 4.80. The van der Waals surface area contributed by atoms with Crippen LogP contribution in [0.3, 0.4) is 0 Å². The molecular formula is C8H10F3O5P. The molecule has 0 aliphatic carbocycles. The van der Waals surface area contributed by atoms with E-state index in [1.165, 1.54) is 0 Å². The first-order valence-corrected chi connectivity index (χ1v) is 5.89. The number of carbonyl (C=O) groups is 1. The second-order valence-corrected chi connectivity index (χ2v) is 5.22. The van der Waals surface area contributed by atoms with Gasteiger partial charge in [-0.05, 0) is 0 Å². The molecule has 2 bridgehead atoms. The lowest BCUT2D eigenvalue weighted by Gasteiger charge is -2.43. The maximum Gasteiger partial charge on any atom is 0.399 e. The monoisotopic (exact) mass is 274 g/mol. The molecule has 0 N–H and O–H groups in total. The molecule has 3 rings (SSSR count). The lowest BCUT2D eigenvalue weighted by atomic mass is 9.92. The van der Waals surface area contributed by atoms with Gasteiger partial charge in [-0.3, -0.25) is 4.79 Å². The summed E-state index contributed by atoms with van der Waals surface area (Å²) in [6.45, 7) is 0.638. The SMILES string of the molecule is O=C(CC(F)(F)F)OCC12COP(OC1)OC2. The number of hydrogen-bond acceptors (Lipinski definition) is 5. The molecule has 0 amide bonds. The maximum atomic E-state index is 11.9. The van der Waals surface area contributed by atoms with Crippen LogP contribution in [0.2, 0.25) is 0 Å². The molecule has 0 unspecified atom stereocenters. The molecule has 17 heavy (non-hydrogen) atoms. The highest BCUT2D eigenvalue weighted by Gasteiger charge is 2.46. The van der Waals surface area contributed by atoms with E-state index in [1.807, 2.05) is 0 Å². The average Bonchev–Trinajstić information content (AvgIpc) is 2.27. The van der Waals surface area contributed by atoms with Crippen molar-refractivity contribution in [3.05, 3.63) is 0 Å². The zero-order valence-electron chi connectivity index (χ0n) is 8.66. The van der Waals surface area contributed by atoms with E-state index in [1.54, 1.807) is 0 Å². The first kappa shape index (κ1) is 13.0. The zero-order chi connectivity index (χ0) is 12.5. The van der Waals surface area contributed by atoms with E-state index in [9.17, 15) is 18.0 Å². The van der Waals surface area contributed by atoms with Crippen molar-refractivity contribution in [2.75, 3.05) is 26.4 Å². The van der Waals surface area contributed by atoms with Gasteiger partial charge in [0.2, 0.25) is 0 Å². The molecule has 0 aromatic rings. The summed E-state index contributed by atoms with van der Waals surface area (Å²) in [7, 11) is -1.30. The van der Waals surface area contributed by atoms with Gasteiger partial charge in [0.15, 0.2) is 0 Å². The Morgan fingerprint density at radius 1 is 1.24 bits per heavy atom. The summed E-state index contributed by atoms with van der Waals surface area (Å²) in [5.41, 5.74) is -0.668. The number of ether oxygens (including phenoxy) is 1. The normalized spacial score (nSPS) is 32.5. The Morgan fingerprint density at radius 3 is 2.24 bits per heavy atom. The second-order valence-electron chi connectivity index (χ2n) is 4.00. The van der Waals surface area contributed by atoms with Crippen molar-refractivity contribution in [3.8, 4) is 0 Å².